The molecule has 4 rings (SSSR count). The minimum absolute atomic E-state index is 0.174. The van der Waals surface area contributed by atoms with E-state index < -0.39 is 0 Å². The summed E-state index contributed by atoms with van der Waals surface area (Å²) in [7, 11) is 0. The highest BCUT2D eigenvalue weighted by molar-refractivity contribution is 9.11. The van der Waals surface area contributed by atoms with Crippen LogP contribution in [0.2, 0.25) is 0 Å². The van der Waals surface area contributed by atoms with Crippen LogP contribution in [-0.4, -0.2) is 0 Å². The topological polar surface area (TPSA) is 0 Å². The molecule has 0 unspecified atom stereocenters. The Labute approximate surface area is 197 Å². The number of halogens is 2. The highest BCUT2D eigenvalue weighted by Crippen LogP contribution is 2.50. The van der Waals surface area contributed by atoms with E-state index in [-0.39, 0.29) is 5.41 Å². The first kappa shape index (κ1) is 21.0. The third-order valence-electron chi connectivity index (χ3n) is 4.95. The van der Waals surface area contributed by atoms with Gasteiger partial charge < -0.3 is 0 Å². The molecule has 4 aromatic rings. The molecule has 0 spiro atoms. The number of hydrogen-bond acceptors (Lipinski definition) is 2. The second-order valence-electron chi connectivity index (χ2n) is 8.26. The first-order valence-corrected chi connectivity index (χ1v) is 12.7. The second kappa shape index (κ2) is 8.14. The number of hydrogen-bond donors (Lipinski definition) is 0. The molecular formula is C25H22Br2S2. The van der Waals surface area contributed by atoms with Crippen molar-refractivity contribution in [3.63, 3.8) is 0 Å². The van der Waals surface area contributed by atoms with Gasteiger partial charge >= 0.3 is 0 Å². The quantitative estimate of drug-likeness (QED) is 0.240. The molecule has 2 heterocycles. The van der Waals surface area contributed by atoms with Crippen LogP contribution < -0.4 is 0 Å². The third kappa shape index (κ3) is 4.32. The Morgan fingerprint density at radius 3 is 1.97 bits per heavy atom. The van der Waals surface area contributed by atoms with E-state index in [4.69, 9.17) is 0 Å². The normalized spacial score (nSPS) is 12.3. The van der Waals surface area contributed by atoms with Crippen molar-refractivity contribution in [2.24, 2.45) is 0 Å². The molecule has 0 N–H and O–H groups in total. The standard InChI is InChI=1S/C25H22Br2S2/c1-15-5-7-16(8-6-15)9-14-19-20(26)23-24(28-19)21(27)22(29-23)17-10-12-18(13-11-17)25(2,3)4/h5-14H,1-4H3/b14-9+. The van der Waals surface area contributed by atoms with Gasteiger partial charge in [-0.05, 0) is 67.0 Å². The van der Waals surface area contributed by atoms with E-state index in [2.05, 4.69) is 120 Å². The molecular weight excluding hydrogens is 524 g/mol. The van der Waals surface area contributed by atoms with Gasteiger partial charge in [-0.15, -0.1) is 22.7 Å². The molecule has 0 aliphatic rings. The van der Waals surface area contributed by atoms with Gasteiger partial charge in [0.15, 0.2) is 0 Å². The molecule has 0 atom stereocenters. The van der Waals surface area contributed by atoms with Crippen LogP contribution in [0.4, 0.5) is 0 Å². The zero-order valence-corrected chi connectivity index (χ0v) is 21.7. The molecule has 0 nitrogen and oxygen atoms in total. The maximum absolute atomic E-state index is 3.87. The second-order valence-corrected chi connectivity index (χ2v) is 11.9. The number of thiophene rings is 2. The van der Waals surface area contributed by atoms with Crippen LogP contribution in [0, 0.1) is 6.92 Å². The van der Waals surface area contributed by atoms with Gasteiger partial charge in [-0.1, -0.05) is 80.9 Å². The summed E-state index contributed by atoms with van der Waals surface area (Å²) in [5, 5.41) is 0. The summed E-state index contributed by atoms with van der Waals surface area (Å²) >= 11 is 11.4. The van der Waals surface area contributed by atoms with Crippen molar-refractivity contribution in [2.75, 3.05) is 0 Å². The minimum atomic E-state index is 0.174. The fourth-order valence-electron chi connectivity index (χ4n) is 3.16. The molecule has 0 radical (unpaired) electrons. The molecule has 0 saturated heterocycles. The Morgan fingerprint density at radius 1 is 0.759 bits per heavy atom. The van der Waals surface area contributed by atoms with Crippen LogP contribution in [-0.2, 0) is 5.41 Å². The van der Waals surface area contributed by atoms with Crippen molar-refractivity contribution in [1.29, 1.82) is 0 Å². The zero-order valence-electron chi connectivity index (χ0n) is 16.8. The predicted molar refractivity (Wildman–Crippen MR) is 139 cm³/mol. The van der Waals surface area contributed by atoms with Crippen molar-refractivity contribution >= 4 is 76.1 Å². The number of fused-ring (bicyclic) bond motifs is 1. The Kier molecular flexibility index (Phi) is 5.91. The predicted octanol–water partition coefficient (Wildman–Crippen LogP) is 9.93. The molecule has 0 fully saturated rings. The fraction of sp³-hybridized carbons (Fsp3) is 0.200. The van der Waals surface area contributed by atoms with Crippen molar-refractivity contribution in [1.82, 2.24) is 0 Å². The van der Waals surface area contributed by atoms with Crippen LogP contribution in [0.3, 0.4) is 0 Å². The summed E-state index contributed by atoms with van der Waals surface area (Å²) in [6.45, 7) is 8.87. The van der Waals surface area contributed by atoms with Crippen LogP contribution >= 0.6 is 54.5 Å². The van der Waals surface area contributed by atoms with Crippen LogP contribution in [0.25, 0.3) is 32.0 Å². The molecule has 0 aliphatic carbocycles. The van der Waals surface area contributed by atoms with E-state index in [0.29, 0.717) is 0 Å². The number of rotatable bonds is 3. The highest BCUT2D eigenvalue weighted by atomic mass is 79.9. The van der Waals surface area contributed by atoms with Gasteiger partial charge in [0.05, 0.1) is 23.2 Å². The molecule has 0 bridgehead atoms. The van der Waals surface area contributed by atoms with Crippen molar-refractivity contribution in [2.45, 2.75) is 33.1 Å². The maximum atomic E-state index is 3.87. The van der Waals surface area contributed by atoms with Gasteiger partial charge in [0.1, 0.15) is 0 Å². The van der Waals surface area contributed by atoms with E-state index in [0.717, 1.165) is 0 Å². The third-order valence-corrected chi connectivity index (χ3v) is 10.2. The van der Waals surface area contributed by atoms with Crippen molar-refractivity contribution in [3.05, 3.63) is 79.0 Å². The lowest BCUT2D eigenvalue weighted by Crippen LogP contribution is -2.10. The lowest BCUT2D eigenvalue weighted by atomic mass is 9.86. The van der Waals surface area contributed by atoms with Crippen LogP contribution in [0.5, 0.6) is 0 Å². The first-order valence-electron chi connectivity index (χ1n) is 9.50. The number of aryl methyl sites for hydroxylation is 1. The molecule has 0 aliphatic heterocycles. The summed E-state index contributed by atoms with van der Waals surface area (Å²) < 4.78 is 4.99. The zero-order chi connectivity index (χ0) is 20.8. The monoisotopic (exact) mass is 544 g/mol. The van der Waals surface area contributed by atoms with Gasteiger partial charge in [0, 0.05) is 4.88 Å². The van der Waals surface area contributed by atoms with E-state index in [9.17, 15) is 0 Å². The lowest BCUT2D eigenvalue weighted by molar-refractivity contribution is 0.590. The van der Waals surface area contributed by atoms with E-state index in [1.165, 1.54) is 50.4 Å². The van der Waals surface area contributed by atoms with E-state index in [1.54, 1.807) is 0 Å². The number of benzene rings is 2. The van der Waals surface area contributed by atoms with E-state index >= 15 is 0 Å². The molecule has 2 aromatic carbocycles. The summed E-state index contributed by atoms with van der Waals surface area (Å²) in [6, 6.07) is 17.6. The summed E-state index contributed by atoms with van der Waals surface area (Å²) in [5.74, 6) is 0. The fourth-order valence-corrected chi connectivity index (χ4v) is 7.51. The van der Waals surface area contributed by atoms with Crippen molar-refractivity contribution in [3.8, 4) is 10.4 Å². The molecule has 148 valence electrons. The Bertz CT molecular complexity index is 1190. The highest BCUT2D eigenvalue weighted by Gasteiger charge is 2.19. The maximum Gasteiger partial charge on any atom is 0.0617 e. The van der Waals surface area contributed by atoms with Gasteiger partial charge in [0.25, 0.3) is 0 Å². The average Bonchev–Trinajstić information content (AvgIpc) is 3.17. The average molecular weight is 546 g/mol. The molecule has 29 heavy (non-hydrogen) atoms. The molecule has 2 aromatic heterocycles. The van der Waals surface area contributed by atoms with Crippen molar-refractivity contribution < 1.29 is 0 Å². The van der Waals surface area contributed by atoms with Gasteiger partial charge in [-0.2, -0.15) is 0 Å². The SMILES string of the molecule is Cc1ccc(/C=C/c2sc3c(Br)c(-c4ccc(C(C)(C)C)cc4)sc3c2Br)cc1. The largest absolute Gasteiger partial charge is 0.132 e. The Balaban J connectivity index is 1.68. The smallest absolute Gasteiger partial charge is 0.0617 e. The molecule has 0 amide bonds. The molecule has 4 heteroatoms. The van der Waals surface area contributed by atoms with Crippen LogP contribution in [0.1, 0.15) is 42.3 Å². The Morgan fingerprint density at radius 2 is 1.38 bits per heavy atom. The lowest BCUT2D eigenvalue weighted by Gasteiger charge is -2.19. The van der Waals surface area contributed by atoms with Crippen LogP contribution in [0.15, 0.2) is 57.5 Å². The molecule has 0 saturated carbocycles. The summed E-state index contributed by atoms with van der Waals surface area (Å²) in [4.78, 5) is 2.55. The minimum Gasteiger partial charge on any atom is -0.132 e. The van der Waals surface area contributed by atoms with E-state index in [1.807, 2.05) is 22.7 Å². The Hall–Kier alpha value is -1.20. The van der Waals surface area contributed by atoms with Gasteiger partial charge in [-0.3, -0.25) is 0 Å². The summed E-state index contributed by atoms with van der Waals surface area (Å²) in [6.07, 6.45) is 4.38. The van der Waals surface area contributed by atoms with Gasteiger partial charge in [-0.25, -0.2) is 0 Å². The van der Waals surface area contributed by atoms with Gasteiger partial charge in [0.2, 0.25) is 0 Å². The first-order chi connectivity index (χ1) is 13.7. The summed E-state index contributed by atoms with van der Waals surface area (Å²) in [5.41, 5.74) is 5.31.